The highest BCUT2D eigenvalue weighted by Crippen LogP contribution is 2.34. The summed E-state index contributed by atoms with van der Waals surface area (Å²) in [5.41, 5.74) is 0.859. The minimum Gasteiger partial charge on any atom is -0.322 e. The number of carbonyl (C=O) groups is 1. The van der Waals surface area contributed by atoms with E-state index in [9.17, 15) is 18.0 Å². The quantitative estimate of drug-likeness (QED) is 0.738. The standard InChI is InChI=1S/C19H18F3NO/c1-13(2)15-10-7-14(8-11-15)9-12-18(24)23-17-6-4-3-5-16(17)19(20,21)22/h3-13H,1-2H3,(H,23,24). The van der Waals surface area contributed by atoms with Gasteiger partial charge in [0.05, 0.1) is 11.3 Å². The van der Waals surface area contributed by atoms with Crippen molar-refractivity contribution in [2.75, 3.05) is 5.32 Å². The lowest BCUT2D eigenvalue weighted by Gasteiger charge is -2.12. The molecule has 0 spiro atoms. The number of para-hydroxylation sites is 1. The van der Waals surface area contributed by atoms with E-state index >= 15 is 0 Å². The molecular formula is C19H18F3NO. The number of anilines is 1. The number of amides is 1. The second kappa shape index (κ2) is 7.34. The van der Waals surface area contributed by atoms with E-state index in [1.165, 1.54) is 29.8 Å². The largest absolute Gasteiger partial charge is 0.418 e. The molecule has 5 heteroatoms. The minimum absolute atomic E-state index is 0.255. The van der Waals surface area contributed by atoms with Gasteiger partial charge in [-0.05, 0) is 35.3 Å². The molecule has 0 saturated heterocycles. The average molecular weight is 333 g/mol. The second-order valence-electron chi connectivity index (χ2n) is 5.69. The summed E-state index contributed by atoms with van der Waals surface area (Å²) in [4.78, 5) is 11.9. The number of nitrogens with one attached hydrogen (secondary N) is 1. The van der Waals surface area contributed by atoms with Crippen molar-refractivity contribution in [2.24, 2.45) is 0 Å². The molecule has 0 aromatic heterocycles. The van der Waals surface area contributed by atoms with Crippen LogP contribution in [0.3, 0.4) is 0 Å². The first-order valence-electron chi connectivity index (χ1n) is 7.52. The van der Waals surface area contributed by atoms with Crippen LogP contribution in [0.1, 0.15) is 36.5 Å². The van der Waals surface area contributed by atoms with E-state index in [0.717, 1.165) is 11.6 Å². The molecule has 0 aliphatic carbocycles. The Morgan fingerprint density at radius 1 is 1.04 bits per heavy atom. The van der Waals surface area contributed by atoms with Crippen LogP contribution in [0.5, 0.6) is 0 Å². The van der Waals surface area contributed by atoms with Crippen molar-refractivity contribution in [1.29, 1.82) is 0 Å². The Labute approximate surface area is 139 Å². The molecule has 1 amide bonds. The fourth-order valence-electron chi connectivity index (χ4n) is 2.18. The SMILES string of the molecule is CC(C)c1ccc(C=CC(=O)Nc2ccccc2C(F)(F)F)cc1. The monoisotopic (exact) mass is 333 g/mol. The van der Waals surface area contributed by atoms with E-state index in [0.29, 0.717) is 5.92 Å². The van der Waals surface area contributed by atoms with Crippen molar-refractivity contribution in [3.05, 3.63) is 71.3 Å². The van der Waals surface area contributed by atoms with Crippen LogP contribution >= 0.6 is 0 Å². The van der Waals surface area contributed by atoms with Crippen LogP contribution < -0.4 is 5.32 Å². The summed E-state index contributed by atoms with van der Waals surface area (Å²) in [6, 6.07) is 12.5. The normalized spacial score (nSPS) is 11.9. The Hall–Kier alpha value is -2.56. The van der Waals surface area contributed by atoms with Crippen LogP contribution in [0.2, 0.25) is 0 Å². The molecule has 0 unspecified atom stereocenters. The first kappa shape index (κ1) is 17.8. The number of benzene rings is 2. The molecule has 2 rings (SSSR count). The third kappa shape index (κ3) is 4.72. The van der Waals surface area contributed by atoms with Crippen LogP contribution in [-0.4, -0.2) is 5.91 Å². The van der Waals surface area contributed by atoms with Gasteiger partial charge < -0.3 is 5.32 Å². The van der Waals surface area contributed by atoms with E-state index in [1.54, 1.807) is 6.08 Å². The van der Waals surface area contributed by atoms with Gasteiger partial charge in [0.2, 0.25) is 5.91 Å². The van der Waals surface area contributed by atoms with Crippen molar-refractivity contribution in [3.63, 3.8) is 0 Å². The van der Waals surface area contributed by atoms with Crippen molar-refractivity contribution in [1.82, 2.24) is 0 Å². The average Bonchev–Trinajstić information content (AvgIpc) is 2.53. The summed E-state index contributed by atoms with van der Waals surface area (Å²) < 4.78 is 38.6. The molecular weight excluding hydrogens is 315 g/mol. The fraction of sp³-hybridized carbons (Fsp3) is 0.211. The first-order chi connectivity index (χ1) is 11.3. The Bertz CT molecular complexity index is 731. The number of halogens is 3. The second-order valence-corrected chi connectivity index (χ2v) is 5.69. The maximum atomic E-state index is 12.9. The van der Waals surface area contributed by atoms with Crippen LogP contribution in [0.4, 0.5) is 18.9 Å². The van der Waals surface area contributed by atoms with E-state index in [-0.39, 0.29) is 5.69 Å². The lowest BCUT2D eigenvalue weighted by molar-refractivity contribution is -0.136. The van der Waals surface area contributed by atoms with Gasteiger partial charge in [-0.2, -0.15) is 13.2 Å². The topological polar surface area (TPSA) is 29.1 Å². The number of hydrogen-bond donors (Lipinski definition) is 1. The van der Waals surface area contributed by atoms with Crippen molar-refractivity contribution in [2.45, 2.75) is 25.9 Å². The maximum absolute atomic E-state index is 12.9. The van der Waals surface area contributed by atoms with E-state index < -0.39 is 17.6 Å². The van der Waals surface area contributed by atoms with Crippen LogP contribution in [-0.2, 0) is 11.0 Å². The van der Waals surface area contributed by atoms with Crippen LogP contribution in [0, 0.1) is 0 Å². The van der Waals surface area contributed by atoms with Crippen molar-refractivity contribution in [3.8, 4) is 0 Å². The summed E-state index contributed by atoms with van der Waals surface area (Å²) in [5.74, 6) is -0.204. The Balaban J connectivity index is 2.08. The minimum atomic E-state index is -4.51. The van der Waals surface area contributed by atoms with E-state index in [4.69, 9.17) is 0 Å². The zero-order valence-electron chi connectivity index (χ0n) is 13.4. The zero-order valence-corrected chi connectivity index (χ0v) is 13.4. The number of rotatable bonds is 4. The molecule has 126 valence electrons. The van der Waals surface area contributed by atoms with Gasteiger partial charge in [0, 0.05) is 6.08 Å². The van der Waals surface area contributed by atoms with Crippen molar-refractivity contribution < 1.29 is 18.0 Å². The van der Waals surface area contributed by atoms with Gasteiger partial charge in [-0.3, -0.25) is 4.79 Å². The lowest BCUT2D eigenvalue weighted by Crippen LogP contribution is -2.14. The molecule has 0 aliphatic rings. The zero-order chi connectivity index (χ0) is 17.7. The Morgan fingerprint density at radius 2 is 1.67 bits per heavy atom. The Morgan fingerprint density at radius 3 is 2.25 bits per heavy atom. The van der Waals surface area contributed by atoms with Gasteiger partial charge in [-0.15, -0.1) is 0 Å². The summed E-state index contributed by atoms with van der Waals surface area (Å²) in [6.07, 6.45) is -1.73. The Kier molecular flexibility index (Phi) is 5.44. The predicted octanol–water partition coefficient (Wildman–Crippen LogP) is 5.48. The molecule has 0 bridgehead atoms. The van der Waals surface area contributed by atoms with Crippen LogP contribution in [0.15, 0.2) is 54.6 Å². The molecule has 0 atom stereocenters. The highest BCUT2D eigenvalue weighted by molar-refractivity contribution is 6.02. The van der Waals surface area contributed by atoms with Crippen LogP contribution in [0.25, 0.3) is 6.08 Å². The highest BCUT2D eigenvalue weighted by atomic mass is 19.4. The smallest absolute Gasteiger partial charge is 0.322 e. The lowest BCUT2D eigenvalue weighted by atomic mass is 10.0. The van der Waals surface area contributed by atoms with Gasteiger partial charge in [-0.25, -0.2) is 0 Å². The summed E-state index contributed by atoms with van der Waals surface area (Å²) in [7, 11) is 0. The molecule has 2 aromatic rings. The number of carbonyl (C=O) groups excluding carboxylic acids is 1. The molecule has 0 aliphatic heterocycles. The van der Waals surface area contributed by atoms with Gasteiger partial charge in [-0.1, -0.05) is 50.2 Å². The first-order valence-corrected chi connectivity index (χ1v) is 7.52. The predicted molar refractivity (Wildman–Crippen MR) is 89.6 cm³/mol. The third-order valence-electron chi connectivity index (χ3n) is 3.52. The highest BCUT2D eigenvalue weighted by Gasteiger charge is 2.33. The summed E-state index contributed by atoms with van der Waals surface area (Å²) in [5, 5.41) is 2.27. The molecule has 2 aromatic carbocycles. The van der Waals surface area contributed by atoms with E-state index in [2.05, 4.69) is 19.2 Å². The van der Waals surface area contributed by atoms with Gasteiger partial charge >= 0.3 is 6.18 Å². The van der Waals surface area contributed by atoms with E-state index in [1.807, 2.05) is 24.3 Å². The maximum Gasteiger partial charge on any atom is 0.418 e. The molecule has 24 heavy (non-hydrogen) atoms. The van der Waals surface area contributed by atoms with Gasteiger partial charge in [0.1, 0.15) is 0 Å². The summed E-state index contributed by atoms with van der Waals surface area (Å²) in [6.45, 7) is 4.16. The number of hydrogen-bond acceptors (Lipinski definition) is 1. The fourth-order valence-corrected chi connectivity index (χ4v) is 2.18. The molecule has 0 fully saturated rings. The molecule has 0 saturated carbocycles. The summed E-state index contributed by atoms with van der Waals surface area (Å²) >= 11 is 0. The molecule has 2 nitrogen and oxygen atoms in total. The molecule has 1 N–H and O–H groups in total. The van der Waals surface area contributed by atoms with Gasteiger partial charge in [0.25, 0.3) is 0 Å². The van der Waals surface area contributed by atoms with Crippen molar-refractivity contribution >= 4 is 17.7 Å². The molecule has 0 heterocycles. The molecule has 0 radical (unpaired) electrons. The number of alkyl halides is 3. The third-order valence-corrected chi connectivity index (χ3v) is 3.52. The van der Waals surface area contributed by atoms with Gasteiger partial charge in [0.15, 0.2) is 0 Å².